The Labute approximate surface area is 98.1 Å². The van der Waals surface area contributed by atoms with Gasteiger partial charge in [-0.05, 0) is 40.7 Å². The third-order valence-electron chi connectivity index (χ3n) is 3.12. The van der Waals surface area contributed by atoms with E-state index in [1.54, 1.807) is 0 Å². The largest absolute Gasteiger partial charge is 0.324 e. The van der Waals surface area contributed by atoms with Gasteiger partial charge in [-0.3, -0.25) is 0 Å². The zero-order chi connectivity index (χ0) is 11.9. The Hall–Kier alpha value is -1.24. The molecule has 0 saturated heterocycles. The molecule has 0 aliphatic carbocycles. The van der Waals surface area contributed by atoms with Crippen molar-refractivity contribution < 1.29 is 0 Å². The Morgan fingerprint density at radius 2 is 1.88 bits per heavy atom. The lowest BCUT2D eigenvalue weighted by atomic mass is 9.82. The van der Waals surface area contributed by atoms with Crippen molar-refractivity contribution in [2.75, 3.05) is 0 Å². The molecule has 1 heteroatoms. The Kier molecular flexibility index (Phi) is 2.57. The topological polar surface area (TPSA) is 4.41 Å². The molecule has 0 aliphatic heterocycles. The van der Waals surface area contributed by atoms with Crippen LogP contribution in [-0.2, 0) is 5.41 Å². The van der Waals surface area contributed by atoms with E-state index in [4.69, 9.17) is 0 Å². The summed E-state index contributed by atoms with van der Waals surface area (Å²) >= 11 is 0. The van der Waals surface area contributed by atoms with Crippen molar-refractivity contribution in [3.63, 3.8) is 0 Å². The highest BCUT2D eigenvalue weighted by atomic mass is 14.9. The van der Waals surface area contributed by atoms with Gasteiger partial charge in [-0.15, -0.1) is 0 Å². The number of nitrogens with zero attached hydrogens (tertiary/aromatic N) is 1. The zero-order valence-corrected chi connectivity index (χ0v) is 10.9. The summed E-state index contributed by atoms with van der Waals surface area (Å²) in [6.07, 6.45) is 4.40. The fraction of sp³-hybridized carbons (Fsp3) is 0.467. The van der Waals surface area contributed by atoms with E-state index in [9.17, 15) is 0 Å². The van der Waals surface area contributed by atoms with Gasteiger partial charge in [0.05, 0.1) is 0 Å². The molecule has 0 atom stereocenters. The van der Waals surface area contributed by atoms with E-state index in [1.165, 1.54) is 16.6 Å². The van der Waals surface area contributed by atoms with Crippen molar-refractivity contribution >= 4 is 5.52 Å². The molecule has 0 unspecified atom stereocenters. The van der Waals surface area contributed by atoms with Gasteiger partial charge in [0.25, 0.3) is 0 Å². The minimum Gasteiger partial charge on any atom is -0.324 e. The van der Waals surface area contributed by atoms with Crippen molar-refractivity contribution in [3.8, 4) is 0 Å². The van der Waals surface area contributed by atoms with Crippen LogP contribution >= 0.6 is 0 Å². The molecular weight excluding hydrogens is 194 g/mol. The molecule has 0 bridgehead atoms. The molecule has 0 radical (unpaired) electrons. The van der Waals surface area contributed by atoms with Crippen molar-refractivity contribution in [2.45, 2.75) is 46.0 Å². The number of hydrogen-bond donors (Lipinski definition) is 0. The molecular formula is C15H21N. The van der Waals surface area contributed by atoms with Gasteiger partial charge in [0.1, 0.15) is 0 Å². The van der Waals surface area contributed by atoms with Crippen LogP contribution in [0.1, 0.15) is 51.7 Å². The molecule has 2 heterocycles. The molecule has 16 heavy (non-hydrogen) atoms. The predicted molar refractivity (Wildman–Crippen MR) is 70.2 cm³/mol. The number of rotatable bonds is 1. The van der Waals surface area contributed by atoms with E-state index in [1.807, 2.05) is 0 Å². The van der Waals surface area contributed by atoms with E-state index < -0.39 is 0 Å². The van der Waals surface area contributed by atoms with Gasteiger partial charge in [-0.2, -0.15) is 0 Å². The lowest BCUT2D eigenvalue weighted by Gasteiger charge is -2.25. The van der Waals surface area contributed by atoms with Gasteiger partial charge in [-0.25, -0.2) is 0 Å². The maximum Gasteiger partial charge on any atom is 0.0452 e. The average molecular weight is 215 g/mol. The fourth-order valence-corrected chi connectivity index (χ4v) is 2.20. The second-order valence-electron chi connectivity index (χ2n) is 5.89. The number of aromatic nitrogens is 1. The summed E-state index contributed by atoms with van der Waals surface area (Å²) in [7, 11) is 0. The van der Waals surface area contributed by atoms with Gasteiger partial charge >= 0.3 is 0 Å². The van der Waals surface area contributed by atoms with Crippen LogP contribution in [-0.4, -0.2) is 4.40 Å². The summed E-state index contributed by atoms with van der Waals surface area (Å²) in [5.41, 5.74) is 4.42. The van der Waals surface area contributed by atoms with Gasteiger partial charge in [0, 0.05) is 17.9 Å². The molecule has 2 aromatic rings. The average Bonchev–Trinajstić information content (AvgIpc) is 2.60. The van der Waals surface area contributed by atoms with E-state index in [0.717, 1.165) is 0 Å². The number of pyridine rings is 1. The van der Waals surface area contributed by atoms with Crippen LogP contribution in [0, 0.1) is 0 Å². The Balaban J connectivity index is 2.72. The summed E-state index contributed by atoms with van der Waals surface area (Å²) in [6, 6.07) is 6.59. The van der Waals surface area contributed by atoms with Crippen LogP contribution in [0.25, 0.3) is 5.52 Å². The first kappa shape index (κ1) is 11.3. The first-order chi connectivity index (χ1) is 7.39. The van der Waals surface area contributed by atoms with E-state index in [2.05, 4.69) is 69.6 Å². The standard InChI is InChI=1S/C15H21N/c1-11(2)13-9-12-7-6-8-16(12)10-14(13)15(3,4)5/h6-11H,1-5H3. The minimum absolute atomic E-state index is 0.206. The highest BCUT2D eigenvalue weighted by molar-refractivity contribution is 5.53. The SMILES string of the molecule is CC(C)c1cc2cccn2cc1C(C)(C)C. The first-order valence-corrected chi connectivity index (χ1v) is 6.00. The van der Waals surface area contributed by atoms with Crippen molar-refractivity contribution in [1.29, 1.82) is 0 Å². The van der Waals surface area contributed by atoms with Crippen LogP contribution in [0.2, 0.25) is 0 Å². The summed E-state index contributed by atoms with van der Waals surface area (Å²) in [4.78, 5) is 0. The molecule has 0 spiro atoms. The lowest BCUT2D eigenvalue weighted by molar-refractivity contribution is 0.573. The molecule has 0 amide bonds. The van der Waals surface area contributed by atoms with Crippen LogP contribution in [0.5, 0.6) is 0 Å². The number of fused-ring (bicyclic) bond motifs is 1. The second kappa shape index (κ2) is 3.65. The molecule has 0 N–H and O–H groups in total. The zero-order valence-electron chi connectivity index (χ0n) is 10.9. The minimum atomic E-state index is 0.206. The monoisotopic (exact) mass is 215 g/mol. The maximum absolute atomic E-state index is 2.32. The summed E-state index contributed by atoms with van der Waals surface area (Å²) < 4.78 is 2.21. The number of hydrogen-bond acceptors (Lipinski definition) is 0. The van der Waals surface area contributed by atoms with Crippen LogP contribution in [0.15, 0.2) is 30.6 Å². The van der Waals surface area contributed by atoms with E-state index in [0.29, 0.717) is 5.92 Å². The lowest BCUT2D eigenvalue weighted by Crippen LogP contribution is -2.16. The van der Waals surface area contributed by atoms with Gasteiger partial charge in [0.2, 0.25) is 0 Å². The van der Waals surface area contributed by atoms with Crippen LogP contribution < -0.4 is 0 Å². The predicted octanol–water partition coefficient (Wildman–Crippen LogP) is 4.36. The molecule has 1 nitrogen and oxygen atoms in total. The van der Waals surface area contributed by atoms with Crippen LogP contribution in [0.3, 0.4) is 0 Å². The van der Waals surface area contributed by atoms with Gasteiger partial charge < -0.3 is 4.40 Å². The Bertz CT molecular complexity index is 498. The quantitative estimate of drug-likeness (QED) is 0.665. The van der Waals surface area contributed by atoms with E-state index in [-0.39, 0.29) is 5.41 Å². The third kappa shape index (κ3) is 1.87. The summed E-state index contributed by atoms with van der Waals surface area (Å²) in [5.74, 6) is 0.578. The van der Waals surface area contributed by atoms with Gasteiger partial charge in [0.15, 0.2) is 0 Å². The summed E-state index contributed by atoms with van der Waals surface area (Å²) in [6.45, 7) is 11.4. The van der Waals surface area contributed by atoms with Crippen molar-refractivity contribution in [1.82, 2.24) is 4.40 Å². The molecule has 0 aromatic carbocycles. The smallest absolute Gasteiger partial charge is 0.0452 e. The maximum atomic E-state index is 2.32. The molecule has 0 aliphatic rings. The first-order valence-electron chi connectivity index (χ1n) is 6.00. The third-order valence-corrected chi connectivity index (χ3v) is 3.12. The second-order valence-corrected chi connectivity index (χ2v) is 5.89. The van der Waals surface area contributed by atoms with Crippen LogP contribution in [0.4, 0.5) is 0 Å². The van der Waals surface area contributed by atoms with Gasteiger partial charge in [-0.1, -0.05) is 34.6 Å². The van der Waals surface area contributed by atoms with Crippen molar-refractivity contribution in [2.24, 2.45) is 0 Å². The summed E-state index contributed by atoms with van der Waals surface area (Å²) in [5, 5.41) is 0. The molecule has 86 valence electrons. The Morgan fingerprint density at radius 1 is 1.19 bits per heavy atom. The molecule has 0 fully saturated rings. The molecule has 2 rings (SSSR count). The highest BCUT2D eigenvalue weighted by Gasteiger charge is 2.20. The van der Waals surface area contributed by atoms with Crippen molar-refractivity contribution in [3.05, 3.63) is 41.7 Å². The normalized spacial score (nSPS) is 12.6. The molecule has 2 aromatic heterocycles. The van der Waals surface area contributed by atoms with E-state index >= 15 is 0 Å². The highest BCUT2D eigenvalue weighted by Crippen LogP contribution is 2.31. The fourth-order valence-electron chi connectivity index (χ4n) is 2.20. The Morgan fingerprint density at radius 3 is 2.44 bits per heavy atom. The molecule has 0 saturated carbocycles.